The smallest absolute Gasteiger partial charge is 0.0606 e. The number of alkyl halides is 1. The number of benzene rings is 1. The SMILES string of the molecule is CC(Cl)CNCCN(CCO)c1ccccc1. The van der Waals surface area contributed by atoms with Crippen LogP contribution in [-0.4, -0.2) is 43.3 Å². The van der Waals surface area contributed by atoms with Crippen LogP contribution in [-0.2, 0) is 0 Å². The third-order valence-electron chi connectivity index (χ3n) is 2.48. The first kappa shape index (κ1) is 14.3. The topological polar surface area (TPSA) is 35.5 Å². The first-order valence-corrected chi connectivity index (χ1v) is 6.43. The highest BCUT2D eigenvalue weighted by Gasteiger charge is 2.04. The number of aliphatic hydroxyl groups excluding tert-OH is 1. The molecule has 96 valence electrons. The van der Waals surface area contributed by atoms with Crippen LogP contribution in [0.2, 0.25) is 0 Å². The number of nitrogens with one attached hydrogen (secondary N) is 1. The van der Waals surface area contributed by atoms with Gasteiger partial charge in [0.05, 0.1) is 6.61 Å². The van der Waals surface area contributed by atoms with Gasteiger partial charge < -0.3 is 15.3 Å². The van der Waals surface area contributed by atoms with Gasteiger partial charge in [0.25, 0.3) is 0 Å². The fourth-order valence-corrected chi connectivity index (χ4v) is 1.75. The van der Waals surface area contributed by atoms with E-state index in [0.29, 0.717) is 6.54 Å². The Kier molecular flexibility index (Phi) is 7.01. The number of halogens is 1. The van der Waals surface area contributed by atoms with Crippen LogP contribution in [0.15, 0.2) is 30.3 Å². The maximum Gasteiger partial charge on any atom is 0.0606 e. The van der Waals surface area contributed by atoms with E-state index >= 15 is 0 Å². The Morgan fingerprint density at radius 1 is 1.29 bits per heavy atom. The minimum absolute atomic E-state index is 0.151. The monoisotopic (exact) mass is 256 g/mol. The van der Waals surface area contributed by atoms with E-state index in [-0.39, 0.29) is 12.0 Å². The summed E-state index contributed by atoms with van der Waals surface area (Å²) in [6, 6.07) is 10.1. The fraction of sp³-hybridized carbons (Fsp3) is 0.538. The summed E-state index contributed by atoms with van der Waals surface area (Å²) in [6.07, 6.45) is 0. The average Bonchev–Trinajstić information content (AvgIpc) is 2.34. The molecule has 3 nitrogen and oxygen atoms in total. The van der Waals surface area contributed by atoms with Crippen LogP contribution in [0.25, 0.3) is 0 Å². The lowest BCUT2D eigenvalue weighted by atomic mass is 10.3. The molecule has 0 saturated carbocycles. The van der Waals surface area contributed by atoms with Crippen molar-refractivity contribution in [1.82, 2.24) is 5.32 Å². The minimum Gasteiger partial charge on any atom is -0.395 e. The number of rotatable bonds is 8. The van der Waals surface area contributed by atoms with Gasteiger partial charge in [-0.3, -0.25) is 0 Å². The van der Waals surface area contributed by atoms with E-state index in [2.05, 4.69) is 22.3 Å². The molecule has 0 radical (unpaired) electrons. The van der Waals surface area contributed by atoms with Crippen molar-refractivity contribution in [2.45, 2.75) is 12.3 Å². The van der Waals surface area contributed by atoms with E-state index in [1.165, 1.54) is 0 Å². The molecule has 0 saturated heterocycles. The van der Waals surface area contributed by atoms with E-state index < -0.39 is 0 Å². The van der Waals surface area contributed by atoms with Crippen molar-refractivity contribution in [1.29, 1.82) is 0 Å². The molecule has 2 N–H and O–H groups in total. The lowest BCUT2D eigenvalue weighted by Crippen LogP contribution is -2.35. The molecule has 1 atom stereocenters. The normalized spacial score (nSPS) is 12.4. The van der Waals surface area contributed by atoms with Crippen LogP contribution in [0.5, 0.6) is 0 Å². The average molecular weight is 257 g/mol. The molecule has 0 bridgehead atoms. The summed E-state index contributed by atoms with van der Waals surface area (Å²) in [5.41, 5.74) is 1.14. The van der Waals surface area contributed by atoms with E-state index in [4.69, 9.17) is 16.7 Å². The Balaban J connectivity index is 2.39. The molecule has 0 aliphatic rings. The van der Waals surface area contributed by atoms with Crippen LogP contribution in [0, 0.1) is 0 Å². The number of aliphatic hydroxyl groups is 1. The van der Waals surface area contributed by atoms with Crippen molar-refractivity contribution in [2.75, 3.05) is 37.7 Å². The number of nitrogens with zero attached hydrogens (tertiary/aromatic N) is 1. The Hall–Kier alpha value is -0.770. The Labute approximate surface area is 108 Å². The van der Waals surface area contributed by atoms with Crippen LogP contribution in [0.1, 0.15) is 6.92 Å². The maximum absolute atomic E-state index is 9.06. The minimum atomic E-state index is 0.151. The molecule has 4 heteroatoms. The Morgan fingerprint density at radius 2 is 2.00 bits per heavy atom. The van der Waals surface area contributed by atoms with Gasteiger partial charge in [0.2, 0.25) is 0 Å². The second-order valence-corrected chi connectivity index (χ2v) is 4.78. The molecule has 0 aromatic heterocycles. The van der Waals surface area contributed by atoms with E-state index in [1.807, 2.05) is 25.1 Å². The molecule has 0 fully saturated rings. The summed E-state index contributed by atoms with van der Waals surface area (Å²) in [5.74, 6) is 0. The van der Waals surface area contributed by atoms with Gasteiger partial charge in [0.1, 0.15) is 0 Å². The summed E-state index contributed by atoms with van der Waals surface area (Å²) < 4.78 is 0. The van der Waals surface area contributed by atoms with Gasteiger partial charge >= 0.3 is 0 Å². The first-order valence-electron chi connectivity index (χ1n) is 5.99. The molecular weight excluding hydrogens is 236 g/mol. The Bertz CT molecular complexity index is 293. The summed E-state index contributed by atoms with van der Waals surface area (Å²) in [7, 11) is 0. The zero-order valence-corrected chi connectivity index (χ0v) is 11.0. The molecule has 1 aromatic rings. The van der Waals surface area contributed by atoms with Gasteiger partial charge in [-0.2, -0.15) is 0 Å². The van der Waals surface area contributed by atoms with Crippen molar-refractivity contribution in [3.63, 3.8) is 0 Å². The summed E-state index contributed by atoms with van der Waals surface area (Å²) >= 11 is 5.86. The van der Waals surface area contributed by atoms with Crippen LogP contribution in [0.4, 0.5) is 5.69 Å². The van der Waals surface area contributed by atoms with Crippen LogP contribution in [0.3, 0.4) is 0 Å². The lowest BCUT2D eigenvalue weighted by Gasteiger charge is -2.24. The largest absolute Gasteiger partial charge is 0.395 e. The standard InChI is InChI=1S/C13H21ClN2O/c1-12(14)11-15-7-8-16(9-10-17)13-5-3-2-4-6-13/h2-6,12,15,17H,7-11H2,1H3. The van der Waals surface area contributed by atoms with Crippen LogP contribution >= 0.6 is 11.6 Å². The van der Waals surface area contributed by atoms with Gasteiger partial charge in [-0.05, 0) is 19.1 Å². The predicted molar refractivity (Wildman–Crippen MR) is 73.9 cm³/mol. The third-order valence-corrected chi connectivity index (χ3v) is 2.63. The molecule has 0 spiro atoms. The summed E-state index contributed by atoms with van der Waals surface area (Å²) in [4.78, 5) is 2.16. The molecule has 17 heavy (non-hydrogen) atoms. The fourth-order valence-electron chi connectivity index (χ4n) is 1.64. The summed E-state index contributed by atoms with van der Waals surface area (Å²) in [5, 5.41) is 12.5. The van der Waals surface area contributed by atoms with E-state index in [0.717, 1.165) is 25.3 Å². The van der Waals surface area contributed by atoms with Crippen molar-refractivity contribution >= 4 is 17.3 Å². The molecule has 1 aromatic carbocycles. The van der Waals surface area contributed by atoms with Crippen LogP contribution < -0.4 is 10.2 Å². The van der Waals surface area contributed by atoms with Crippen molar-refractivity contribution < 1.29 is 5.11 Å². The predicted octanol–water partition coefficient (Wildman–Crippen LogP) is 1.70. The number of anilines is 1. The number of para-hydroxylation sites is 1. The second-order valence-electron chi connectivity index (χ2n) is 4.03. The second kappa shape index (κ2) is 8.34. The highest BCUT2D eigenvalue weighted by Crippen LogP contribution is 2.11. The zero-order chi connectivity index (χ0) is 12.5. The molecule has 0 amide bonds. The van der Waals surface area contributed by atoms with Gasteiger partial charge in [-0.25, -0.2) is 0 Å². The lowest BCUT2D eigenvalue weighted by molar-refractivity contribution is 0.301. The van der Waals surface area contributed by atoms with Crippen molar-refractivity contribution in [3.8, 4) is 0 Å². The number of hydrogen-bond donors (Lipinski definition) is 2. The maximum atomic E-state index is 9.06. The highest BCUT2D eigenvalue weighted by atomic mass is 35.5. The molecule has 1 unspecified atom stereocenters. The first-order chi connectivity index (χ1) is 8.24. The highest BCUT2D eigenvalue weighted by molar-refractivity contribution is 6.20. The van der Waals surface area contributed by atoms with Gasteiger partial charge in [-0.15, -0.1) is 11.6 Å². The molecule has 0 heterocycles. The summed E-state index contributed by atoms with van der Waals surface area (Å²) in [6.45, 7) is 5.34. The molecular formula is C13H21ClN2O. The van der Waals surface area contributed by atoms with Gasteiger partial charge in [0.15, 0.2) is 0 Å². The quantitative estimate of drug-likeness (QED) is 0.549. The van der Waals surface area contributed by atoms with E-state index in [9.17, 15) is 0 Å². The Morgan fingerprint density at radius 3 is 2.59 bits per heavy atom. The van der Waals surface area contributed by atoms with Gasteiger partial charge in [0, 0.05) is 37.2 Å². The van der Waals surface area contributed by atoms with Crippen molar-refractivity contribution in [3.05, 3.63) is 30.3 Å². The third kappa shape index (κ3) is 5.91. The van der Waals surface area contributed by atoms with E-state index in [1.54, 1.807) is 0 Å². The zero-order valence-electron chi connectivity index (χ0n) is 10.3. The molecule has 0 aliphatic heterocycles. The number of hydrogen-bond acceptors (Lipinski definition) is 3. The molecule has 1 rings (SSSR count). The van der Waals surface area contributed by atoms with Gasteiger partial charge in [-0.1, -0.05) is 18.2 Å². The van der Waals surface area contributed by atoms with Crippen molar-refractivity contribution in [2.24, 2.45) is 0 Å². The molecule has 0 aliphatic carbocycles.